The van der Waals surface area contributed by atoms with Gasteiger partial charge in [-0.3, -0.25) is 0 Å². The first-order valence-electron chi connectivity index (χ1n) is 5.99. The van der Waals surface area contributed by atoms with Crippen LogP contribution in [0.5, 0.6) is 0 Å². The van der Waals surface area contributed by atoms with Crippen LogP contribution in [-0.4, -0.2) is 11.0 Å². The maximum Gasteiger partial charge on any atom is 0.154 e. The molecule has 4 heteroatoms. The van der Waals surface area contributed by atoms with Gasteiger partial charge in [0.2, 0.25) is 0 Å². The molecule has 1 atom stereocenters. The smallest absolute Gasteiger partial charge is 0.154 e. The third-order valence-electron chi connectivity index (χ3n) is 2.66. The molecule has 0 saturated carbocycles. The molecule has 0 radical (unpaired) electrons. The second-order valence-corrected chi connectivity index (χ2v) is 6.81. The summed E-state index contributed by atoms with van der Waals surface area (Å²) < 4.78 is 1.10. The number of rotatable bonds is 4. The summed E-state index contributed by atoms with van der Waals surface area (Å²) in [5, 5.41) is 2.08. The fourth-order valence-corrected chi connectivity index (χ4v) is 3.70. The van der Waals surface area contributed by atoms with Gasteiger partial charge in [0.1, 0.15) is 0 Å². The van der Waals surface area contributed by atoms with E-state index in [-0.39, 0.29) is 6.04 Å². The van der Waals surface area contributed by atoms with Crippen molar-refractivity contribution in [3.63, 3.8) is 0 Å². The molecule has 0 saturated heterocycles. The minimum atomic E-state index is 0.212. The van der Waals surface area contributed by atoms with E-state index in [4.69, 9.17) is 5.73 Å². The van der Waals surface area contributed by atoms with Gasteiger partial charge in [0.15, 0.2) is 4.34 Å². The number of nitrogens with two attached hydrogens (primary N) is 1. The molecule has 0 amide bonds. The SMILES string of the molecule is Cc1csc(Sc2ccc(CC(C)N)c(C)c2)n1. The molecule has 1 unspecified atom stereocenters. The van der Waals surface area contributed by atoms with Gasteiger partial charge in [-0.1, -0.05) is 17.8 Å². The lowest BCUT2D eigenvalue weighted by atomic mass is 10.0. The number of nitrogens with zero attached hydrogens (tertiary/aromatic N) is 1. The van der Waals surface area contributed by atoms with E-state index in [1.807, 2.05) is 13.8 Å². The van der Waals surface area contributed by atoms with Crippen LogP contribution in [0.3, 0.4) is 0 Å². The van der Waals surface area contributed by atoms with Crippen LogP contribution >= 0.6 is 23.1 Å². The van der Waals surface area contributed by atoms with Crippen molar-refractivity contribution in [2.24, 2.45) is 5.73 Å². The van der Waals surface area contributed by atoms with Gasteiger partial charge in [-0.15, -0.1) is 11.3 Å². The molecular formula is C14H18N2S2. The summed E-state index contributed by atoms with van der Waals surface area (Å²) in [5.74, 6) is 0. The molecule has 0 fully saturated rings. The van der Waals surface area contributed by atoms with Crippen LogP contribution in [0.25, 0.3) is 0 Å². The fourth-order valence-electron chi connectivity index (χ4n) is 1.79. The van der Waals surface area contributed by atoms with E-state index in [2.05, 4.69) is 35.5 Å². The summed E-state index contributed by atoms with van der Waals surface area (Å²) in [6.07, 6.45) is 0.938. The second kappa shape index (κ2) is 5.87. The number of benzene rings is 1. The summed E-state index contributed by atoms with van der Waals surface area (Å²) in [6, 6.07) is 6.77. The molecule has 2 rings (SSSR count). The predicted molar refractivity (Wildman–Crippen MR) is 79.5 cm³/mol. The highest BCUT2D eigenvalue weighted by Crippen LogP contribution is 2.31. The van der Waals surface area contributed by atoms with E-state index >= 15 is 0 Å². The maximum atomic E-state index is 5.84. The highest BCUT2D eigenvalue weighted by atomic mass is 32.2. The van der Waals surface area contributed by atoms with E-state index in [1.54, 1.807) is 23.1 Å². The number of thiazole rings is 1. The number of hydrogen-bond donors (Lipinski definition) is 1. The van der Waals surface area contributed by atoms with Crippen molar-refractivity contribution in [1.82, 2.24) is 4.98 Å². The molecule has 1 aromatic carbocycles. The van der Waals surface area contributed by atoms with Crippen molar-refractivity contribution in [1.29, 1.82) is 0 Å². The standard InChI is InChI=1S/C14H18N2S2/c1-9-6-13(5-4-12(9)7-10(2)15)18-14-16-11(3)8-17-14/h4-6,8,10H,7,15H2,1-3H3. The van der Waals surface area contributed by atoms with Crippen molar-refractivity contribution >= 4 is 23.1 Å². The molecule has 2 nitrogen and oxygen atoms in total. The minimum absolute atomic E-state index is 0.212. The molecule has 0 aliphatic carbocycles. The highest BCUT2D eigenvalue weighted by molar-refractivity contribution is 8.01. The van der Waals surface area contributed by atoms with Crippen LogP contribution in [-0.2, 0) is 6.42 Å². The zero-order valence-electron chi connectivity index (χ0n) is 10.9. The summed E-state index contributed by atoms with van der Waals surface area (Å²) in [6.45, 7) is 6.22. The molecule has 1 heterocycles. The van der Waals surface area contributed by atoms with Gasteiger partial charge < -0.3 is 5.73 Å². The summed E-state index contributed by atoms with van der Waals surface area (Å²) >= 11 is 3.42. The zero-order valence-corrected chi connectivity index (χ0v) is 12.6. The van der Waals surface area contributed by atoms with Crippen LogP contribution in [0.15, 0.2) is 32.8 Å². The highest BCUT2D eigenvalue weighted by Gasteiger charge is 2.06. The van der Waals surface area contributed by atoms with Gasteiger partial charge in [0.05, 0.1) is 0 Å². The molecule has 18 heavy (non-hydrogen) atoms. The lowest BCUT2D eigenvalue weighted by Crippen LogP contribution is -2.18. The molecule has 0 aliphatic rings. The molecule has 0 aliphatic heterocycles. The first-order chi connectivity index (χ1) is 8.54. The molecule has 2 aromatic rings. The quantitative estimate of drug-likeness (QED) is 0.924. The molecule has 1 aromatic heterocycles. The van der Waals surface area contributed by atoms with Crippen molar-refractivity contribution in [2.45, 2.75) is 42.5 Å². The average Bonchev–Trinajstić information content (AvgIpc) is 2.68. The van der Waals surface area contributed by atoms with Crippen LogP contribution in [0.4, 0.5) is 0 Å². The summed E-state index contributed by atoms with van der Waals surface area (Å²) in [5.41, 5.74) is 9.58. The Balaban J connectivity index is 2.13. The molecule has 2 N–H and O–H groups in total. The molecule has 0 bridgehead atoms. The first-order valence-corrected chi connectivity index (χ1v) is 7.69. The number of hydrogen-bond acceptors (Lipinski definition) is 4. The first kappa shape index (κ1) is 13.6. The Kier molecular flexibility index (Phi) is 4.43. The maximum absolute atomic E-state index is 5.84. The topological polar surface area (TPSA) is 38.9 Å². The number of aromatic nitrogens is 1. The molecule has 96 valence electrons. The van der Waals surface area contributed by atoms with E-state index < -0.39 is 0 Å². The largest absolute Gasteiger partial charge is 0.328 e. The van der Waals surface area contributed by atoms with Gasteiger partial charge in [0, 0.05) is 22.0 Å². The van der Waals surface area contributed by atoms with Crippen molar-refractivity contribution in [3.05, 3.63) is 40.4 Å². The van der Waals surface area contributed by atoms with Gasteiger partial charge in [-0.05, 0) is 50.5 Å². The fraction of sp³-hybridized carbons (Fsp3) is 0.357. The summed E-state index contributed by atoms with van der Waals surface area (Å²) in [4.78, 5) is 5.71. The lowest BCUT2D eigenvalue weighted by molar-refractivity contribution is 0.734. The average molecular weight is 278 g/mol. The van der Waals surface area contributed by atoms with Gasteiger partial charge >= 0.3 is 0 Å². The lowest BCUT2D eigenvalue weighted by Gasteiger charge is -2.09. The van der Waals surface area contributed by atoms with Gasteiger partial charge in [-0.2, -0.15) is 0 Å². The van der Waals surface area contributed by atoms with Crippen LogP contribution in [0.1, 0.15) is 23.7 Å². The van der Waals surface area contributed by atoms with E-state index in [0.29, 0.717) is 0 Å². The van der Waals surface area contributed by atoms with Gasteiger partial charge in [0.25, 0.3) is 0 Å². The van der Waals surface area contributed by atoms with Crippen LogP contribution in [0.2, 0.25) is 0 Å². The van der Waals surface area contributed by atoms with E-state index in [0.717, 1.165) is 16.5 Å². The predicted octanol–water partition coefficient (Wildman–Crippen LogP) is 3.80. The zero-order chi connectivity index (χ0) is 13.1. The monoisotopic (exact) mass is 278 g/mol. The van der Waals surface area contributed by atoms with Crippen molar-refractivity contribution in [2.75, 3.05) is 0 Å². The van der Waals surface area contributed by atoms with E-state index in [1.165, 1.54) is 16.0 Å². The normalized spacial score (nSPS) is 12.7. The van der Waals surface area contributed by atoms with Crippen molar-refractivity contribution < 1.29 is 0 Å². The Labute approximate surface area is 117 Å². The number of aryl methyl sites for hydroxylation is 2. The van der Waals surface area contributed by atoms with Gasteiger partial charge in [-0.25, -0.2) is 4.98 Å². The third-order valence-corrected chi connectivity index (χ3v) is 4.71. The minimum Gasteiger partial charge on any atom is -0.328 e. The van der Waals surface area contributed by atoms with E-state index in [9.17, 15) is 0 Å². The Hall–Kier alpha value is -0.840. The Morgan fingerprint density at radius 1 is 1.39 bits per heavy atom. The third kappa shape index (κ3) is 3.57. The second-order valence-electron chi connectivity index (χ2n) is 4.63. The Bertz CT molecular complexity index is 532. The molecular weight excluding hydrogens is 260 g/mol. The van der Waals surface area contributed by atoms with Crippen LogP contribution in [0, 0.1) is 13.8 Å². The van der Waals surface area contributed by atoms with Crippen LogP contribution < -0.4 is 5.73 Å². The molecule has 0 spiro atoms. The summed E-state index contributed by atoms with van der Waals surface area (Å²) in [7, 11) is 0. The Morgan fingerprint density at radius 2 is 2.17 bits per heavy atom. The Morgan fingerprint density at radius 3 is 2.72 bits per heavy atom. The van der Waals surface area contributed by atoms with Crippen molar-refractivity contribution in [3.8, 4) is 0 Å².